The molecule has 2 rings (SSSR count). The third-order valence-electron chi connectivity index (χ3n) is 1.86. The van der Waals surface area contributed by atoms with E-state index in [1.165, 1.54) is 6.33 Å². The van der Waals surface area contributed by atoms with Gasteiger partial charge in [-0.15, -0.1) is 0 Å². The van der Waals surface area contributed by atoms with Gasteiger partial charge < -0.3 is 0 Å². The van der Waals surface area contributed by atoms with Crippen molar-refractivity contribution < 1.29 is 8.78 Å². The lowest BCUT2D eigenvalue weighted by Gasteiger charge is -1.92. The Balaban J connectivity index is 1.95. The highest BCUT2D eigenvalue weighted by atomic mass is 19.3. The van der Waals surface area contributed by atoms with Crippen molar-refractivity contribution in [2.45, 2.75) is 18.8 Å². The van der Waals surface area contributed by atoms with Gasteiger partial charge in [-0.05, 0) is 0 Å². The molecule has 5 heteroatoms. The molecule has 0 spiro atoms. The highest BCUT2D eigenvalue weighted by molar-refractivity contribution is 5.00. The lowest BCUT2D eigenvalue weighted by atomic mass is 10.3. The molecule has 60 valence electrons. The zero-order valence-corrected chi connectivity index (χ0v) is 5.72. The van der Waals surface area contributed by atoms with Crippen LogP contribution >= 0.6 is 0 Å². The normalized spacial score (nSPS) is 26.9. The van der Waals surface area contributed by atoms with Gasteiger partial charge >= 0.3 is 0 Å². The Morgan fingerprint density at radius 3 is 2.91 bits per heavy atom. The van der Waals surface area contributed by atoms with Gasteiger partial charge in [-0.2, -0.15) is 5.10 Å². The van der Waals surface area contributed by atoms with E-state index in [1.807, 2.05) is 0 Å². The van der Waals surface area contributed by atoms with Gasteiger partial charge in [-0.3, -0.25) is 5.10 Å². The number of hydrogen-bond donors (Lipinski definition) is 1. The van der Waals surface area contributed by atoms with Gasteiger partial charge in [0.1, 0.15) is 12.2 Å². The van der Waals surface area contributed by atoms with Crippen LogP contribution < -0.4 is 0 Å². The molecule has 0 radical (unpaired) electrons. The first kappa shape index (κ1) is 6.69. The van der Waals surface area contributed by atoms with Gasteiger partial charge in [-0.25, -0.2) is 13.8 Å². The number of hydrogen-bond acceptors (Lipinski definition) is 2. The first-order valence-corrected chi connectivity index (χ1v) is 3.40. The zero-order valence-electron chi connectivity index (χ0n) is 5.72. The Morgan fingerprint density at radius 1 is 1.73 bits per heavy atom. The van der Waals surface area contributed by atoms with Crippen LogP contribution in [-0.2, 0) is 6.42 Å². The van der Waals surface area contributed by atoms with Crippen LogP contribution in [0.15, 0.2) is 6.33 Å². The van der Waals surface area contributed by atoms with Gasteiger partial charge in [0, 0.05) is 18.8 Å². The van der Waals surface area contributed by atoms with E-state index in [-0.39, 0.29) is 6.42 Å². The maximum atomic E-state index is 12.3. The average Bonchev–Trinajstić information content (AvgIpc) is 2.42. The van der Waals surface area contributed by atoms with Gasteiger partial charge in [0.05, 0.1) is 0 Å². The summed E-state index contributed by atoms with van der Waals surface area (Å²) in [7, 11) is 0. The van der Waals surface area contributed by atoms with Gasteiger partial charge in [0.25, 0.3) is 5.92 Å². The molecule has 0 bridgehead atoms. The lowest BCUT2D eigenvalue weighted by Crippen LogP contribution is -1.98. The van der Waals surface area contributed by atoms with Crippen LogP contribution in [0.5, 0.6) is 0 Å². The third-order valence-corrected chi connectivity index (χ3v) is 1.86. The monoisotopic (exact) mass is 159 g/mol. The second kappa shape index (κ2) is 1.99. The minimum absolute atomic E-state index is 0.00625. The summed E-state index contributed by atoms with van der Waals surface area (Å²) in [6, 6.07) is 0. The molecule has 1 aromatic heterocycles. The third kappa shape index (κ3) is 1.22. The zero-order chi connectivity index (χ0) is 7.90. The summed E-state index contributed by atoms with van der Waals surface area (Å²) in [6.07, 6.45) is 1.64. The summed E-state index contributed by atoms with van der Waals surface area (Å²) in [4.78, 5) is 3.76. The van der Waals surface area contributed by atoms with Crippen molar-refractivity contribution in [2.24, 2.45) is 5.92 Å². The highest BCUT2D eigenvalue weighted by Crippen LogP contribution is 2.49. The molecule has 0 aromatic carbocycles. The van der Waals surface area contributed by atoms with E-state index < -0.39 is 11.8 Å². The average molecular weight is 159 g/mol. The van der Waals surface area contributed by atoms with Crippen LogP contribution in [0.1, 0.15) is 12.2 Å². The molecule has 1 N–H and O–H groups in total. The van der Waals surface area contributed by atoms with Crippen LogP contribution in [0, 0.1) is 5.92 Å². The number of H-pyrrole nitrogens is 1. The molecule has 1 unspecified atom stereocenters. The molecule has 1 aliphatic carbocycles. The second-order valence-corrected chi connectivity index (χ2v) is 2.80. The van der Waals surface area contributed by atoms with E-state index in [1.54, 1.807) is 0 Å². The summed E-state index contributed by atoms with van der Waals surface area (Å²) >= 11 is 0. The molecule has 1 aliphatic rings. The second-order valence-electron chi connectivity index (χ2n) is 2.80. The Kier molecular flexibility index (Phi) is 1.21. The van der Waals surface area contributed by atoms with Crippen molar-refractivity contribution in [3.05, 3.63) is 12.2 Å². The summed E-state index contributed by atoms with van der Waals surface area (Å²) in [5, 5.41) is 6.12. The molecular formula is C6H7F2N3. The summed E-state index contributed by atoms with van der Waals surface area (Å²) in [5.74, 6) is -2.42. The maximum absolute atomic E-state index is 12.3. The molecule has 0 amide bonds. The van der Waals surface area contributed by atoms with Crippen molar-refractivity contribution >= 4 is 0 Å². The maximum Gasteiger partial charge on any atom is 0.252 e. The molecule has 0 saturated heterocycles. The molecule has 1 atom stereocenters. The Bertz CT molecular complexity index is 244. The smallest absolute Gasteiger partial charge is 0.252 e. The molecule has 1 fully saturated rings. The topological polar surface area (TPSA) is 41.6 Å². The molecular weight excluding hydrogens is 152 g/mol. The van der Waals surface area contributed by atoms with E-state index in [2.05, 4.69) is 15.2 Å². The Hall–Kier alpha value is -1.00. The van der Waals surface area contributed by atoms with Crippen molar-refractivity contribution in [1.82, 2.24) is 15.2 Å². The predicted octanol–water partition coefficient (Wildman–Crippen LogP) is 1.00. The first-order chi connectivity index (χ1) is 5.18. The fourth-order valence-electron chi connectivity index (χ4n) is 1.05. The Labute approximate surface area is 61.8 Å². The number of rotatable bonds is 2. The number of aromatic nitrogens is 3. The van der Waals surface area contributed by atoms with E-state index in [9.17, 15) is 8.78 Å². The first-order valence-electron chi connectivity index (χ1n) is 3.40. The SMILES string of the molecule is FC1(F)CC1Cc1ncn[nH]1. The standard InChI is InChI=1S/C6H7F2N3/c7-6(8)2-4(6)1-5-9-3-10-11-5/h3-4H,1-2H2,(H,9,10,11). The van der Waals surface area contributed by atoms with E-state index in [0.717, 1.165) is 0 Å². The number of alkyl halides is 2. The molecule has 3 nitrogen and oxygen atoms in total. The summed E-state index contributed by atoms with van der Waals surface area (Å²) in [5.41, 5.74) is 0. The number of halogens is 2. The van der Waals surface area contributed by atoms with Crippen LogP contribution in [0.3, 0.4) is 0 Å². The van der Waals surface area contributed by atoms with Crippen LogP contribution in [0.2, 0.25) is 0 Å². The predicted molar refractivity (Wildman–Crippen MR) is 33.1 cm³/mol. The summed E-state index contributed by atoms with van der Waals surface area (Å²) < 4.78 is 24.7. The van der Waals surface area contributed by atoms with Crippen LogP contribution in [0.25, 0.3) is 0 Å². The highest BCUT2D eigenvalue weighted by Gasteiger charge is 2.56. The summed E-state index contributed by atoms with van der Waals surface area (Å²) in [6.45, 7) is 0. The molecule has 0 aliphatic heterocycles. The van der Waals surface area contributed by atoms with E-state index in [4.69, 9.17) is 0 Å². The van der Waals surface area contributed by atoms with E-state index >= 15 is 0 Å². The van der Waals surface area contributed by atoms with Gasteiger partial charge in [-0.1, -0.05) is 0 Å². The lowest BCUT2D eigenvalue weighted by molar-refractivity contribution is 0.0985. The molecule has 1 saturated carbocycles. The fraction of sp³-hybridized carbons (Fsp3) is 0.667. The van der Waals surface area contributed by atoms with Crippen LogP contribution in [-0.4, -0.2) is 21.1 Å². The number of nitrogens with zero attached hydrogens (tertiary/aromatic N) is 2. The van der Waals surface area contributed by atoms with Gasteiger partial charge in [0.15, 0.2) is 0 Å². The van der Waals surface area contributed by atoms with Crippen molar-refractivity contribution in [1.29, 1.82) is 0 Å². The minimum Gasteiger partial charge on any atom is -0.263 e. The molecule has 11 heavy (non-hydrogen) atoms. The van der Waals surface area contributed by atoms with E-state index in [0.29, 0.717) is 12.2 Å². The fourth-order valence-corrected chi connectivity index (χ4v) is 1.05. The Morgan fingerprint density at radius 2 is 2.45 bits per heavy atom. The van der Waals surface area contributed by atoms with Crippen molar-refractivity contribution in [3.8, 4) is 0 Å². The van der Waals surface area contributed by atoms with Crippen molar-refractivity contribution in [2.75, 3.05) is 0 Å². The molecule has 1 heterocycles. The molecule has 1 aromatic rings. The van der Waals surface area contributed by atoms with Crippen molar-refractivity contribution in [3.63, 3.8) is 0 Å². The van der Waals surface area contributed by atoms with Crippen LogP contribution in [0.4, 0.5) is 8.78 Å². The minimum atomic E-state index is -2.45. The number of nitrogens with one attached hydrogen (secondary N) is 1. The van der Waals surface area contributed by atoms with Gasteiger partial charge in [0.2, 0.25) is 0 Å². The quantitative estimate of drug-likeness (QED) is 0.699. The largest absolute Gasteiger partial charge is 0.263 e. The number of aromatic amines is 1.